The van der Waals surface area contributed by atoms with Gasteiger partial charge < -0.3 is 29.3 Å². The number of piperidine rings is 1. The van der Waals surface area contributed by atoms with Crippen LogP contribution in [0.3, 0.4) is 0 Å². The van der Waals surface area contributed by atoms with E-state index in [-0.39, 0.29) is 24.2 Å². The van der Waals surface area contributed by atoms with Gasteiger partial charge in [0.2, 0.25) is 5.91 Å². The molecule has 0 unspecified atom stereocenters. The summed E-state index contributed by atoms with van der Waals surface area (Å²) in [4.78, 5) is 30.2. The first kappa shape index (κ1) is 25.0. The van der Waals surface area contributed by atoms with Gasteiger partial charge in [-0.15, -0.1) is 0 Å². The standard InChI is InChI=1S/C28H37N3O4/c1-35-26-10-6-5-9-25(26)30-17-15-29(16-18-30)13-11-24-21-31(14-12-23(24)20-28(33)34)27(32)19-22-7-3-2-4-8-22/h2-10,23-24H,11-21H2,1H3,(H,33,34)/t23-,24-/m0/s1. The highest BCUT2D eigenvalue weighted by Gasteiger charge is 2.33. The Morgan fingerprint density at radius 3 is 2.43 bits per heavy atom. The van der Waals surface area contributed by atoms with Gasteiger partial charge >= 0.3 is 0 Å². The van der Waals surface area contributed by atoms with Crippen molar-refractivity contribution in [3.63, 3.8) is 0 Å². The number of para-hydroxylation sites is 2. The number of hydrogen-bond acceptors (Lipinski definition) is 5. The van der Waals surface area contributed by atoms with Gasteiger partial charge in [-0.3, -0.25) is 4.79 Å². The minimum atomic E-state index is -0.984. The number of ether oxygens (including phenoxy) is 1. The highest BCUT2D eigenvalue weighted by molar-refractivity contribution is 5.79. The smallest absolute Gasteiger partial charge is 0.226 e. The van der Waals surface area contributed by atoms with Crippen LogP contribution in [0.25, 0.3) is 0 Å². The lowest BCUT2D eigenvalue weighted by Crippen LogP contribution is -3.15. The molecule has 188 valence electrons. The number of hydrogen-bond donors (Lipinski definition) is 1. The zero-order chi connectivity index (χ0) is 24.6. The third-order valence-electron chi connectivity index (χ3n) is 7.64. The van der Waals surface area contributed by atoms with Gasteiger partial charge in [0.1, 0.15) is 5.75 Å². The molecule has 2 heterocycles. The molecular formula is C28H37N3O4. The number of carboxylic acids is 1. The van der Waals surface area contributed by atoms with Crippen LogP contribution in [-0.2, 0) is 16.0 Å². The predicted octanol–water partition coefficient (Wildman–Crippen LogP) is 0.638. The summed E-state index contributed by atoms with van der Waals surface area (Å²) in [5, 5.41) is 11.4. The summed E-state index contributed by atoms with van der Waals surface area (Å²) in [5.74, 6) is 0.326. The molecule has 7 heteroatoms. The molecule has 4 rings (SSSR count). The average molecular weight is 480 g/mol. The molecule has 2 aromatic rings. The van der Waals surface area contributed by atoms with E-state index in [2.05, 4.69) is 11.0 Å². The van der Waals surface area contributed by atoms with Gasteiger partial charge in [-0.05, 0) is 42.4 Å². The second-order valence-corrected chi connectivity index (χ2v) is 9.83. The van der Waals surface area contributed by atoms with E-state index < -0.39 is 5.97 Å². The molecular weight excluding hydrogens is 442 g/mol. The number of anilines is 1. The van der Waals surface area contributed by atoms with E-state index in [1.807, 2.05) is 53.4 Å². The van der Waals surface area contributed by atoms with Crippen LogP contribution in [-0.4, -0.2) is 69.7 Å². The summed E-state index contributed by atoms with van der Waals surface area (Å²) in [7, 11) is 1.71. The Hall–Kier alpha value is -3.06. The van der Waals surface area contributed by atoms with Crippen molar-refractivity contribution < 1.29 is 24.3 Å². The van der Waals surface area contributed by atoms with Gasteiger partial charge in [-0.1, -0.05) is 42.5 Å². The molecule has 0 spiro atoms. The molecule has 2 fully saturated rings. The average Bonchev–Trinajstić information content (AvgIpc) is 2.88. The number of methoxy groups -OCH3 is 1. The molecule has 0 aliphatic carbocycles. The lowest BCUT2D eigenvalue weighted by Gasteiger charge is -2.40. The van der Waals surface area contributed by atoms with Crippen LogP contribution >= 0.6 is 0 Å². The first-order valence-corrected chi connectivity index (χ1v) is 12.8. The molecule has 2 aliphatic heterocycles. The van der Waals surface area contributed by atoms with Crippen molar-refractivity contribution in [1.29, 1.82) is 0 Å². The first-order valence-electron chi connectivity index (χ1n) is 12.8. The lowest BCUT2D eigenvalue weighted by atomic mass is 9.81. The van der Waals surface area contributed by atoms with E-state index in [0.717, 1.165) is 62.6 Å². The number of carboxylic acid groups (broad SMARTS) is 1. The molecule has 1 N–H and O–H groups in total. The molecule has 2 atom stereocenters. The quantitative estimate of drug-likeness (QED) is 0.571. The van der Waals surface area contributed by atoms with Gasteiger partial charge in [0.15, 0.2) is 0 Å². The molecule has 0 bridgehead atoms. The van der Waals surface area contributed by atoms with Gasteiger partial charge in [-0.25, -0.2) is 0 Å². The van der Waals surface area contributed by atoms with Crippen molar-refractivity contribution in [1.82, 2.24) is 4.90 Å². The van der Waals surface area contributed by atoms with Gasteiger partial charge in [-0.2, -0.15) is 0 Å². The lowest BCUT2D eigenvalue weighted by molar-refractivity contribution is -0.901. The van der Waals surface area contributed by atoms with Gasteiger partial charge in [0.05, 0.1) is 51.9 Å². The van der Waals surface area contributed by atoms with Gasteiger partial charge in [0, 0.05) is 25.5 Å². The Bertz CT molecular complexity index is 975. The molecule has 2 aliphatic rings. The van der Waals surface area contributed by atoms with Crippen LogP contribution in [0.15, 0.2) is 54.6 Å². The number of amides is 1. The minimum absolute atomic E-state index is 0.0787. The van der Waals surface area contributed by atoms with Crippen LogP contribution in [0.5, 0.6) is 5.75 Å². The molecule has 7 nitrogen and oxygen atoms in total. The molecule has 35 heavy (non-hydrogen) atoms. The number of likely N-dealkylation sites (tertiary alicyclic amines) is 1. The van der Waals surface area contributed by atoms with E-state index in [9.17, 15) is 14.7 Å². The Balaban J connectivity index is 1.31. The maximum atomic E-state index is 12.9. The zero-order valence-corrected chi connectivity index (χ0v) is 20.7. The second-order valence-electron chi connectivity index (χ2n) is 9.83. The van der Waals surface area contributed by atoms with E-state index in [1.54, 1.807) is 7.11 Å². The summed E-state index contributed by atoms with van der Waals surface area (Å²) in [5.41, 5.74) is 2.16. The zero-order valence-electron chi connectivity index (χ0n) is 20.7. The Labute approximate surface area is 208 Å². The fourth-order valence-corrected chi connectivity index (χ4v) is 5.59. The van der Waals surface area contributed by atoms with Crippen LogP contribution in [0.4, 0.5) is 5.69 Å². The maximum absolute atomic E-state index is 12.9. The van der Waals surface area contributed by atoms with E-state index in [4.69, 9.17) is 4.74 Å². The SMILES string of the molecule is COc1ccccc1N1CC[NH+](CC[C@H]2CN(C(=O)Cc3ccccc3)CC[C@H]2CC(=O)[O-])CC1. The summed E-state index contributed by atoms with van der Waals surface area (Å²) >= 11 is 0. The number of carbonyl (C=O) groups excluding carboxylic acids is 2. The van der Waals surface area contributed by atoms with Crippen molar-refractivity contribution in [2.75, 3.05) is 57.8 Å². The molecule has 0 radical (unpaired) electrons. The maximum Gasteiger partial charge on any atom is 0.226 e. The number of piperazine rings is 1. The van der Waals surface area contributed by atoms with E-state index in [1.165, 1.54) is 4.90 Å². The van der Waals surface area contributed by atoms with Crippen molar-refractivity contribution in [3.05, 3.63) is 60.2 Å². The fourth-order valence-electron chi connectivity index (χ4n) is 5.59. The largest absolute Gasteiger partial charge is 0.550 e. The Morgan fingerprint density at radius 2 is 1.71 bits per heavy atom. The number of nitrogens with zero attached hydrogens (tertiary/aromatic N) is 2. The van der Waals surface area contributed by atoms with Crippen LogP contribution in [0.2, 0.25) is 0 Å². The number of nitrogens with one attached hydrogen (secondary N) is 1. The first-order chi connectivity index (χ1) is 17.0. The molecule has 2 saturated heterocycles. The Morgan fingerprint density at radius 1 is 1.00 bits per heavy atom. The number of carbonyl (C=O) groups is 2. The third kappa shape index (κ3) is 6.75. The summed E-state index contributed by atoms with van der Waals surface area (Å²) in [6.07, 6.45) is 2.14. The predicted molar refractivity (Wildman–Crippen MR) is 133 cm³/mol. The highest BCUT2D eigenvalue weighted by Crippen LogP contribution is 2.29. The third-order valence-corrected chi connectivity index (χ3v) is 7.64. The van der Waals surface area contributed by atoms with E-state index >= 15 is 0 Å². The van der Waals surface area contributed by atoms with Crippen molar-refractivity contribution >= 4 is 17.6 Å². The molecule has 1 amide bonds. The minimum Gasteiger partial charge on any atom is -0.550 e. The number of aliphatic carboxylic acids is 1. The fraction of sp³-hybridized carbons (Fsp3) is 0.500. The summed E-state index contributed by atoms with van der Waals surface area (Å²) in [6.45, 7) is 6.26. The van der Waals surface area contributed by atoms with Crippen LogP contribution in [0, 0.1) is 11.8 Å². The number of rotatable bonds is 9. The van der Waals surface area contributed by atoms with Crippen molar-refractivity contribution in [2.24, 2.45) is 11.8 Å². The van der Waals surface area contributed by atoms with Crippen LogP contribution < -0.4 is 19.6 Å². The monoisotopic (exact) mass is 479 g/mol. The number of quaternary nitrogens is 1. The van der Waals surface area contributed by atoms with Crippen molar-refractivity contribution in [2.45, 2.75) is 25.7 Å². The topological polar surface area (TPSA) is 77.3 Å². The number of benzene rings is 2. The second kappa shape index (κ2) is 12.1. The van der Waals surface area contributed by atoms with E-state index in [0.29, 0.717) is 19.5 Å². The molecule has 0 aromatic heterocycles. The van der Waals surface area contributed by atoms with Crippen LogP contribution in [0.1, 0.15) is 24.8 Å². The summed E-state index contributed by atoms with van der Waals surface area (Å²) < 4.78 is 5.53. The Kier molecular flexibility index (Phi) is 8.64. The normalized spacial score (nSPS) is 21.1. The highest BCUT2D eigenvalue weighted by atomic mass is 16.5. The summed E-state index contributed by atoms with van der Waals surface area (Å²) in [6, 6.07) is 18.0. The van der Waals surface area contributed by atoms with Gasteiger partial charge in [0.25, 0.3) is 0 Å². The van der Waals surface area contributed by atoms with Crippen molar-refractivity contribution in [3.8, 4) is 5.75 Å². The molecule has 0 saturated carbocycles. The molecule has 2 aromatic carbocycles.